The van der Waals surface area contributed by atoms with Crippen molar-refractivity contribution in [3.8, 4) is 72.4 Å². The molecule has 0 N–H and O–H groups in total. The van der Waals surface area contributed by atoms with Gasteiger partial charge in [0.2, 0.25) is 0 Å². The molecule has 1 nitrogen and oxygen atoms in total. The summed E-state index contributed by atoms with van der Waals surface area (Å²) in [4.78, 5) is 0. The zero-order chi connectivity index (χ0) is 36.7. The average molecular weight is 728 g/mol. The van der Waals surface area contributed by atoms with Gasteiger partial charge in [0.1, 0.15) is 0 Å². The Labute approximate surface area is 329 Å². The molecule has 2 aromatic heterocycles. The third-order valence-corrected chi connectivity index (χ3v) is 13.0. The van der Waals surface area contributed by atoms with Crippen LogP contribution in [0, 0.1) is 0 Å². The van der Waals surface area contributed by atoms with Crippen LogP contribution in [0.25, 0.3) is 114 Å². The largest absolute Gasteiger partial charge is 0.309 e. The van der Waals surface area contributed by atoms with Gasteiger partial charge in [-0.25, -0.2) is 0 Å². The van der Waals surface area contributed by atoms with E-state index in [-0.39, 0.29) is 0 Å². The minimum absolute atomic E-state index is 1.15. The molecule has 0 radical (unpaired) electrons. The summed E-state index contributed by atoms with van der Waals surface area (Å²) in [6.45, 7) is 0. The first kappa shape index (κ1) is 31.4. The smallest absolute Gasteiger partial charge is 0.0541 e. The Morgan fingerprint density at radius 3 is 1.39 bits per heavy atom. The molecule has 9 aromatic carbocycles. The number of nitrogens with zero attached hydrogens (tertiary/aromatic N) is 1. The van der Waals surface area contributed by atoms with Gasteiger partial charge in [-0.3, -0.25) is 0 Å². The van der Waals surface area contributed by atoms with Crippen LogP contribution in [0.5, 0.6) is 0 Å². The molecule has 12 rings (SSSR count). The summed E-state index contributed by atoms with van der Waals surface area (Å²) >= 11 is 1.89. The number of rotatable bonds is 3. The third-order valence-electron chi connectivity index (χ3n) is 11.8. The summed E-state index contributed by atoms with van der Waals surface area (Å²) in [5.74, 6) is 0. The van der Waals surface area contributed by atoms with E-state index in [1.54, 1.807) is 0 Å². The van der Waals surface area contributed by atoms with Crippen LogP contribution in [-0.2, 0) is 0 Å². The van der Waals surface area contributed by atoms with E-state index in [0.29, 0.717) is 0 Å². The Bertz CT molecular complexity index is 3320. The van der Waals surface area contributed by atoms with Crippen LogP contribution in [-0.4, -0.2) is 4.57 Å². The Balaban J connectivity index is 1.21. The standard InChI is InChI=1S/C54H33NS/c1-2-16-40-39(15-1)41-17-3-4-18-43(41)48-26-13-24-37(53(48)47-23-6-5-19-42(40)47)34-31-35(38-25-14-27-49-46-22-9-12-30-52(46)56-54(38)49)33-36(32-34)55-50-28-10-7-20-44(50)45-21-8-11-29-51(45)55/h1-33H. The van der Waals surface area contributed by atoms with E-state index in [0.717, 1.165) is 5.69 Å². The molecule has 0 bridgehead atoms. The SMILES string of the molecule is c1ccc2c(c1)-c1ccccc1-c1cccc(-c3cc(-c4cccc5c4sc4ccccc45)cc(-n4c5ccccc5c5ccccc54)c3)c1-c1ccccc1-2. The lowest BCUT2D eigenvalue weighted by molar-refractivity contribution is 1.18. The van der Waals surface area contributed by atoms with Crippen molar-refractivity contribution >= 4 is 53.3 Å². The van der Waals surface area contributed by atoms with Gasteiger partial charge in [0.05, 0.1) is 11.0 Å². The van der Waals surface area contributed by atoms with Crippen molar-refractivity contribution in [1.29, 1.82) is 0 Å². The van der Waals surface area contributed by atoms with Gasteiger partial charge in [-0.1, -0.05) is 164 Å². The first-order valence-corrected chi connectivity index (χ1v) is 20.1. The predicted octanol–water partition coefficient (Wildman–Crippen LogP) is 15.5. The maximum Gasteiger partial charge on any atom is 0.0541 e. The first-order chi connectivity index (χ1) is 27.8. The van der Waals surface area contributed by atoms with Crippen molar-refractivity contribution in [2.45, 2.75) is 0 Å². The lowest BCUT2D eigenvalue weighted by atomic mass is 9.78. The second kappa shape index (κ2) is 12.3. The van der Waals surface area contributed by atoms with Crippen LogP contribution in [0.15, 0.2) is 200 Å². The Morgan fingerprint density at radius 1 is 0.304 bits per heavy atom. The van der Waals surface area contributed by atoms with Crippen molar-refractivity contribution in [1.82, 2.24) is 4.57 Å². The molecule has 0 saturated heterocycles. The lowest BCUT2D eigenvalue weighted by Gasteiger charge is -2.25. The predicted molar refractivity (Wildman–Crippen MR) is 240 cm³/mol. The van der Waals surface area contributed by atoms with Crippen LogP contribution in [0.1, 0.15) is 0 Å². The molecule has 0 amide bonds. The van der Waals surface area contributed by atoms with E-state index in [1.165, 1.54) is 109 Å². The molecule has 0 atom stereocenters. The van der Waals surface area contributed by atoms with E-state index in [9.17, 15) is 0 Å². The molecule has 1 aliphatic rings. The minimum atomic E-state index is 1.15. The average Bonchev–Trinajstić information content (AvgIpc) is 3.82. The highest BCUT2D eigenvalue weighted by Crippen LogP contribution is 2.51. The van der Waals surface area contributed by atoms with Crippen molar-refractivity contribution in [2.24, 2.45) is 0 Å². The quantitative estimate of drug-likeness (QED) is 0.171. The van der Waals surface area contributed by atoms with E-state index < -0.39 is 0 Å². The molecule has 1 aliphatic carbocycles. The number of aromatic nitrogens is 1. The van der Waals surface area contributed by atoms with Crippen molar-refractivity contribution in [3.63, 3.8) is 0 Å². The van der Waals surface area contributed by atoms with Gasteiger partial charge in [-0.15, -0.1) is 11.3 Å². The summed E-state index contributed by atoms with van der Waals surface area (Å²) in [6, 6.07) is 74.2. The summed E-state index contributed by atoms with van der Waals surface area (Å²) < 4.78 is 5.10. The maximum atomic E-state index is 2.47. The van der Waals surface area contributed by atoms with Gasteiger partial charge in [0.15, 0.2) is 0 Å². The zero-order valence-corrected chi connectivity index (χ0v) is 31.2. The molecular weight excluding hydrogens is 695 g/mol. The highest BCUT2D eigenvalue weighted by molar-refractivity contribution is 7.26. The van der Waals surface area contributed by atoms with Gasteiger partial charge in [-0.2, -0.15) is 0 Å². The fourth-order valence-electron chi connectivity index (χ4n) is 9.38. The van der Waals surface area contributed by atoms with Gasteiger partial charge in [0, 0.05) is 36.6 Å². The third kappa shape index (κ3) is 4.60. The summed E-state index contributed by atoms with van der Waals surface area (Å²) in [5.41, 5.74) is 18.5. The number of para-hydroxylation sites is 2. The van der Waals surface area contributed by atoms with Crippen LogP contribution in [0.3, 0.4) is 0 Å². The molecule has 2 heterocycles. The topological polar surface area (TPSA) is 4.93 Å². The van der Waals surface area contributed by atoms with E-state index in [1.807, 2.05) is 11.3 Å². The molecule has 0 saturated carbocycles. The van der Waals surface area contributed by atoms with Gasteiger partial charge < -0.3 is 4.57 Å². The van der Waals surface area contributed by atoms with E-state index in [4.69, 9.17) is 0 Å². The van der Waals surface area contributed by atoms with Crippen molar-refractivity contribution < 1.29 is 0 Å². The molecule has 56 heavy (non-hydrogen) atoms. The molecule has 260 valence electrons. The fraction of sp³-hybridized carbons (Fsp3) is 0. The molecule has 0 fully saturated rings. The van der Waals surface area contributed by atoms with Crippen LogP contribution in [0.2, 0.25) is 0 Å². The monoisotopic (exact) mass is 727 g/mol. The molecule has 0 unspecified atom stereocenters. The van der Waals surface area contributed by atoms with Gasteiger partial charge in [0.25, 0.3) is 0 Å². The number of hydrogen-bond acceptors (Lipinski definition) is 1. The van der Waals surface area contributed by atoms with Crippen molar-refractivity contribution in [2.75, 3.05) is 0 Å². The van der Waals surface area contributed by atoms with Crippen LogP contribution in [0.4, 0.5) is 0 Å². The second-order valence-corrected chi connectivity index (χ2v) is 15.8. The molecule has 0 spiro atoms. The van der Waals surface area contributed by atoms with Gasteiger partial charge >= 0.3 is 0 Å². The number of hydrogen-bond donors (Lipinski definition) is 0. The second-order valence-electron chi connectivity index (χ2n) is 14.8. The molecule has 2 heteroatoms. The van der Waals surface area contributed by atoms with Crippen LogP contribution < -0.4 is 0 Å². The van der Waals surface area contributed by atoms with Crippen molar-refractivity contribution in [3.05, 3.63) is 200 Å². The number of thiophene rings is 1. The Kier molecular flexibility index (Phi) is 6.87. The lowest BCUT2D eigenvalue weighted by Crippen LogP contribution is -2.00. The fourth-order valence-corrected chi connectivity index (χ4v) is 10.6. The normalized spacial score (nSPS) is 11.9. The van der Waals surface area contributed by atoms with E-state index >= 15 is 0 Å². The maximum absolute atomic E-state index is 2.47. The summed E-state index contributed by atoms with van der Waals surface area (Å²) in [7, 11) is 0. The Hall–Kier alpha value is -7.00. The van der Waals surface area contributed by atoms with Gasteiger partial charge in [-0.05, 0) is 103 Å². The number of benzene rings is 9. The molecular formula is C54H33NS. The molecule has 11 aromatic rings. The summed E-state index contributed by atoms with van der Waals surface area (Å²) in [5, 5.41) is 5.14. The number of fused-ring (bicyclic) bond motifs is 14. The Morgan fingerprint density at radius 2 is 0.732 bits per heavy atom. The van der Waals surface area contributed by atoms with E-state index in [2.05, 4.69) is 205 Å². The molecule has 0 aliphatic heterocycles. The van der Waals surface area contributed by atoms with Crippen LogP contribution >= 0.6 is 11.3 Å². The minimum Gasteiger partial charge on any atom is -0.309 e. The highest BCUT2D eigenvalue weighted by atomic mass is 32.1. The highest BCUT2D eigenvalue weighted by Gasteiger charge is 2.25. The zero-order valence-electron chi connectivity index (χ0n) is 30.4. The summed E-state index contributed by atoms with van der Waals surface area (Å²) in [6.07, 6.45) is 0. The first-order valence-electron chi connectivity index (χ1n) is 19.3.